The molecule has 166 valence electrons. The van der Waals surface area contributed by atoms with Crippen LogP contribution in [0.5, 0.6) is 5.75 Å². The molecule has 5 rings (SSSR count). The van der Waals surface area contributed by atoms with Gasteiger partial charge in [0.1, 0.15) is 5.75 Å². The van der Waals surface area contributed by atoms with Crippen LogP contribution in [0, 0.1) is 0 Å². The van der Waals surface area contributed by atoms with Gasteiger partial charge in [0.15, 0.2) is 5.60 Å². The van der Waals surface area contributed by atoms with Gasteiger partial charge in [0, 0.05) is 55.9 Å². The van der Waals surface area contributed by atoms with Gasteiger partial charge < -0.3 is 14.4 Å². The van der Waals surface area contributed by atoms with E-state index in [2.05, 4.69) is 33.5 Å². The molecule has 1 spiro atoms. The number of nitrogens with zero attached hydrogens (tertiary/aromatic N) is 3. The molecule has 0 N–H and O–H groups in total. The number of ether oxygens (including phenoxy) is 2. The van der Waals surface area contributed by atoms with E-state index < -0.39 is 5.60 Å². The molecular weight excluding hydrogens is 422 g/mol. The van der Waals surface area contributed by atoms with E-state index in [-0.39, 0.29) is 11.8 Å². The number of carbonyl (C=O) groups excluding carboxylic acids is 1. The van der Waals surface area contributed by atoms with E-state index in [1.807, 2.05) is 41.4 Å². The van der Waals surface area contributed by atoms with Crippen molar-refractivity contribution in [2.24, 2.45) is 0 Å². The maximum absolute atomic E-state index is 13.9. The monoisotopic (exact) mass is 449 g/mol. The van der Waals surface area contributed by atoms with Crippen molar-refractivity contribution < 1.29 is 14.3 Å². The van der Waals surface area contributed by atoms with Gasteiger partial charge in [0.2, 0.25) is 0 Å². The van der Waals surface area contributed by atoms with Crippen LogP contribution in [-0.2, 0) is 22.6 Å². The molecule has 2 saturated heterocycles. The fraction of sp³-hybridized carbons (Fsp3) is 0.360. The molecular formula is C25H27N3O3S. The Kier molecular flexibility index (Phi) is 5.95. The standard InChI is InChI=1S/C25H27N3O3S/c1-30-21-8-6-19(7-9-21)15-28-11-12-31-25(24(28)29)18-27(16-22-5-3-13-32-22)17-23(25)20-4-2-10-26-14-20/h2-10,13-14,23H,11-12,15-18H2,1H3. The number of aromatic nitrogens is 1. The van der Waals surface area contributed by atoms with Gasteiger partial charge in [-0.1, -0.05) is 24.3 Å². The van der Waals surface area contributed by atoms with Crippen LogP contribution in [0.3, 0.4) is 0 Å². The van der Waals surface area contributed by atoms with Crippen LogP contribution in [0.1, 0.15) is 21.9 Å². The van der Waals surface area contributed by atoms with E-state index in [0.717, 1.165) is 30.0 Å². The third-order valence-electron chi connectivity index (χ3n) is 6.41. The predicted octanol–water partition coefficient (Wildman–Crippen LogP) is 3.55. The summed E-state index contributed by atoms with van der Waals surface area (Å²) < 4.78 is 11.6. The van der Waals surface area contributed by atoms with Gasteiger partial charge in [-0.2, -0.15) is 0 Å². The highest BCUT2D eigenvalue weighted by molar-refractivity contribution is 7.09. The van der Waals surface area contributed by atoms with E-state index in [9.17, 15) is 4.79 Å². The SMILES string of the molecule is COc1ccc(CN2CCOC3(CN(Cc4cccs4)CC3c3cccnc3)C2=O)cc1. The van der Waals surface area contributed by atoms with Gasteiger partial charge in [-0.25, -0.2) is 0 Å². The van der Waals surface area contributed by atoms with E-state index in [1.54, 1.807) is 24.6 Å². The smallest absolute Gasteiger partial charge is 0.257 e. The summed E-state index contributed by atoms with van der Waals surface area (Å²) in [5.41, 5.74) is 1.26. The van der Waals surface area contributed by atoms with Crippen molar-refractivity contribution in [1.82, 2.24) is 14.8 Å². The number of morpholine rings is 1. The molecule has 7 heteroatoms. The number of thiophene rings is 1. The second-order valence-corrected chi connectivity index (χ2v) is 9.43. The number of likely N-dealkylation sites (tertiary alicyclic amines) is 1. The molecule has 2 aliphatic rings. The van der Waals surface area contributed by atoms with Crippen LogP contribution >= 0.6 is 11.3 Å². The zero-order chi connectivity index (χ0) is 22.0. The van der Waals surface area contributed by atoms with Gasteiger partial charge in [-0.3, -0.25) is 14.7 Å². The minimum Gasteiger partial charge on any atom is -0.497 e. The molecule has 6 nitrogen and oxygen atoms in total. The van der Waals surface area contributed by atoms with Crippen molar-refractivity contribution >= 4 is 17.2 Å². The summed E-state index contributed by atoms with van der Waals surface area (Å²) in [6.07, 6.45) is 3.65. The third kappa shape index (κ3) is 4.03. The van der Waals surface area contributed by atoms with Crippen LogP contribution < -0.4 is 4.74 Å². The molecule has 4 heterocycles. The molecule has 1 amide bonds. The van der Waals surface area contributed by atoms with Gasteiger partial charge in [0.25, 0.3) is 5.91 Å². The molecule has 2 aliphatic heterocycles. The van der Waals surface area contributed by atoms with Gasteiger partial charge in [-0.05, 0) is 40.8 Å². The highest BCUT2D eigenvalue weighted by atomic mass is 32.1. The Labute approximate surface area is 192 Å². The Bertz CT molecular complexity index is 1040. The number of pyridine rings is 1. The normalized spacial score (nSPS) is 23.7. The Morgan fingerprint density at radius 1 is 1.19 bits per heavy atom. The fourth-order valence-electron chi connectivity index (χ4n) is 4.85. The van der Waals surface area contributed by atoms with Crippen molar-refractivity contribution in [3.05, 3.63) is 82.3 Å². The van der Waals surface area contributed by atoms with Crippen LogP contribution in [0.15, 0.2) is 66.3 Å². The van der Waals surface area contributed by atoms with Crippen LogP contribution in [0.25, 0.3) is 0 Å². The van der Waals surface area contributed by atoms with Crippen molar-refractivity contribution in [3.8, 4) is 5.75 Å². The molecule has 2 atom stereocenters. The number of carbonyl (C=O) groups is 1. The van der Waals surface area contributed by atoms with Gasteiger partial charge in [-0.15, -0.1) is 11.3 Å². The first kappa shape index (κ1) is 21.1. The Balaban J connectivity index is 1.42. The molecule has 0 saturated carbocycles. The van der Waals surface area contributed by atoms with Crippen LogP contribution in [0.2, 0.25) is 0 Å². The lowest BCUT2D eigenvalue weighted by atomic mass is 9.83. The van der Waals surface area contributed by atoms with Crippen molar-refractivity contribution in [1.29, 1.82) is 0 Å². The van der Waals surface area contributed by atoms with Crippen molar-refractivity contribution in [3.63, 3.8) is 0 Å². The Morgan fingerprint density at radius 3 is 2.78 bits per heavy atom. The zero-order valence-corrected chi connectivity index (χ0v) is 19.0. The lowest BCUT2D eigenvalue weighted by Gasteiger charge is -2.42. The number of rotatable bonds is 6. The van der Waals surface area contributed by atoms with E-state index >= 15 is 0 Å². The lowest BCUT2D eigenvalue weighted by Crippen LogP contribution is -2.59. The minimum atomic E-state index is -0.884. The predicted molar refractivity (Wildman–Crippen MR) is 124 cm³/mol. The molecule has 0 bridgehead atoms. The number of benzene rings is 1. The number of methoxy groups -OCH3 is 1. The van der Waals surface area contributed by atoms with Crippen molar-refractivity contribution in [2.45, 2.75) is 24.6 Å². The second kappa shape index (κ2) is 9.02. The summed E-state index contributed by atoms with van der Waals surface area (Å²) in [6, 6.07) is 16.1. The molecule has 3 aromatic rings. The maximum Gasteiger partial charge on any atom is 0.257 e. The number of hydrogen-bond acceptors (Lipinski definition) is 6. The first-order valence-electron chi connectivity index (χ1n) is 10.9. The summed E-state index contributed by atoms with van der Waals surface area (Å²) in [5, 5.41) is 2.10. The second-order valence-electron chi connectivity index (χ2n) is 8.40. The molecule has 0 radical (unpaired) electrons. The highest BCUT2D eigenvalue weighted by Gasteiger charge is 2.57. The number of amides is 1. The zero-order valence-electron chi connectivity index (χ0n) is 18.1. The Morgan fingerprint density at radius 2 is 2.06 bits per heavy atom. The Hall–Kier alpha value is -2.74. The average Bonchev–Trinajstić information content (AvgIpc) is 3.47. The summed E-state index contributed by atoms with van der Waals surface area (Å²) >= 11 is 1.75. The van der Waals surface area contributed by atoms with Crippen molar-refractivity contribution in [2.75, 3.05) is 33.4 Å². The number of hydrogen-bond donors (Lipinski definition) is 0. The quantitative estimate of drug-likeness (QED) is 0.576. The molecule has 1 aromatic carbocycles. The molecule has 2 unspecified atom stereocenters. The van der Waals surface area contributed by atoms with E-state index in [4.69, 9.17) is 9.47 Å². The molecule has 2 aromatic heterocycles. The summed E-state index contributed by atoms with van der Waals surface area (Å²) in [6.45, 7) is 3.88. The van der Waals surface area contributed by atoms with E-state index in [0.29, 0.717) is 26.2 Å². The van der Waals surface area contributed by atoms with E-state index in [1.165, 1.54) is 4.88 Å². The third-order valence-corrected chi connectivity index (χ3v) is 7.27. The summed E-state index contributed by atoms with van der Waals surface area (Å²) in [4.78, 5) is 23.9. The highest BCUT2D eigenvalue weighted by Crippen LogP contribution is 2.42. The largest absolute Gasteiger partial charge is 0.497 e. The first-order chi connectivity index (χ1) is 15.7. The average molecular weight is 450 g/mol. The maximum atomic E-state index is 13.9. The summed E-state index contributed by atoms with van der Waals surface area (Å²) in [5.74, 6) is 0.833. The van der Waals surface area contributed by atoms with Crippen LogP contribution in [0.4, 0.5) is 0 Å². The topological polar surface area (TPSA) is 54.9 Å². The fourth-order valence-corrected chi connectivity index (χ4v) is 5.59. The molecule has 2 fully saturated rings. The van der Waals surface area contributed by atoms with Gasteiger partial charge in [0.05, 0.1) is 13.7 Å². The summed E-state index contributed by atoms with van der Waals surface area (Å²) in [7, 11) is 1.66. The molecule has 0 aliphatic carbocycles. The van der Waals surface area contributed by atoms with Crippen LogP contribution in [-0.4, -0.2) is 59.6 Å². The lowest BCUT2D eigenvalue weighted by molar-refractivity contribution is -0.173. The van der Waals surface area contributed by atoms with Gasteiger partial charge >= 0.3 is 0 Å². The first-order valence-corrected chi connectivity index (χ1v) is 11.8. The minimum absolute atomic E-state index is 0.0534. The molecule has 32 heavy (non-hydrogen) atoms.